The molecule has 0 aliphatic rings. The first-order chi connectivity index (χ1) is 3.81. The largest absolute Gasteiger partial charge is 0.447 e. The van der Waals surface area contributed by atoms with Crippen LogP contribution in [0.25, 0.3) is 0 Å². The summed E-state index contributed by atoms with van der Waals surface area (Å²) in [7, 11) is 1.69. The molecule has 0 unspecified atom stereocenters. The van der Waals surface area contributed by atoms with Crippen LogP contribution in [0.1, 0.15) is 0 Å². The Morgan fingerprint density at radius 1 is 2.00 bits per heavy atom. The van der Waals surface area contributed by atoms with Gasteiger partial charge >= 0.3 is 5.97 Å². The SMILES string of the molecule is C=CC(=O)OCNC. The Kier molecular flexibility index (Phi) is 3.88. The Hall–Kier alpha value is -0.830. The van der Waals surface area contributed by atoms with Crippen molar-refractivity contribution in [1.29, 1.82) is 0 Å². The molecule has 46 valence electrons. The van der Waals surface area contributed by atoms with E-state index in [2.05, 4.69) is 16.6 Å². The molecule has 8 heavy (non-hydrogen) atoms. The normalized spacial score (nSPS) is 8.12. The highest BCUT2D eigenvalue weighted by Gasteiger charge is 1.88. The number of carbonyl (C=O) groups excluding carboxylic acids is 1. The van der Waals surface area contributed by atoms with Gasteiger partial charge in [-0.15, -0.1) is 0 Å². The van der Waals surface area contributed by atoms with Crippen LogP contribution >= 0.6 is 0 Å². The van der Waals surface area contributed by atoms with Gasteiger partial charge in [-0.1, -0.05) is 6.58 Å². The molecular weight excluding hydrogens is 106 g/mol. The van der Waals surface area contributed by atoms with Crippen molar-refractivity contribution < 1.29 is 9.53 Å². The monoisotopic (exact) mass is 115 g/mol. The van der Waals surface area contributed by atoms with Gasteiger partial charge in [-0.25, -0.2) is 4.79 Å². The number of rotatable bonds is 3. The lowest BCUT2D eigenvalue weighted by molar-refractivity contribution is -0.138. The van der Waals surface area contributed by atoms with E-state index in [1.54, 1.807) is 7.05 Å². The summed E-state index contributed by atoms with van der Waals surface area (Å²) in [6.45, 7) is 3.45. The minimum Gasteiger partial charge on any atom is -0.447 e. The first-order valence-corrected chi connectivity index (χ1v) is 2.25. The Morgan fingerprint density at radius 2 is 2.62 bits per heavy atom. The van der Waals surface area contributed by atoms with Gasteiger partial charge in [0.1, 0.15) is 6.73 Å². The molecule has 0 saturated carbocycles. The summed E-state index contributed by atoms with van der Waals surface area (Å²) in [5.74, 6) is -0.403. The third kappa shape index (κ3) is 3.36. The highest BCUT2D eigenvalue weighted by Crippen LogP contribution is 1.72. The quantitative estimate of drug-likeness (QED) is 0.317. The zero-order valence-corrected chi connectivity index (χ0v) is 4.81. The van der Waals surface area contributed by atoms with Gasteiger partial charge in [0.05, 0.1) is 0 Å². The number of nitrogens with one attached hydrogen (secondary N) is 1. The highest BCUT2D eigenvalue weighted by atomic mass is 16.5. The first-order valence-electron chi connectivity index (χ1n) is 2.25. The molecule has 0 bridgehead atoms. The van der Waals surface area contributed by atoms with Crippen LogP contribution in [0.15, 0.2) is 12.7 Å². The van der Waals surface area contributed by atoms with Crippen LogP contribution in [-0.2, 0) is 9.53 Å². The van der Waals surface area contributed by atoms with E-state index in [0.29, 0.717) is 0 Å². The van der Waals surface area contributed by atoms with E-state index in [1.165, 1.54) is 0 Å². The van der Waals surface area contributed by atoms with Crippen LogP contribution in [0.3, 0.4) is 0 Å². The maximum Gasteiger partial charge on any atom is 0.331 e. The van der Waals surface area contributed by atoms with E-state index in [0.717, 1.165) is 6.08 Å². The molecule has 0 radical (unpaired) electrons. The topological polar surface area (TPSA) is 38.3 Å². The molecule has 0 fully saturated rings. The van der Waals surface area contributed by atoms with Crippen molar-refractivity contribution in [3.05, 3.63) is 12.7 Å². The van der Waals surface area contributed by atoms with Crippen molar-refractivity contribution in [3.8, 4) is 0 Å². The van der Waals surface area contributed by atoms with E-state index >= 15 is 0 Å². The predicted molar refractivity (Wildman–Crippen MR) is 30.2 cm³/mol. The maximum absolute atomic E-state index is 10.2. The summed E-state index contributed by atoms with van der Waals surface area (Å²) >= 11 is 0. The van der Waals surface area contributed by atoms with Gasteiger partial charge in [-0.3, -0.25) is 5.32 Å². The lowest BCUT2D eigenvalue weighted by atomic mass is 10.7. The highest BCUT2D eigenvalue weighted by molar-refractivity contribution is 5.81. The molecule has 0 spiro atoms. The van der Waals surface area contributed by atoms with Gasteiger partial charge in [0, 0.05) is 6.08 Å². The van der Waals surface area contributed by atoms with E-state index in [1.807, 2.05) is 0 Å². The summed E-state index contributed by atoms with van der Waals surface area (Å²) in [4.78, 5) is 10.2. The number of carbonyl (C=O) groups is 1. The molecule has 0 atom stereocenters. The van der Waals surface area contributed by atoms with Gasteiger partial charge in [-0.05, 0) is 7.05 Å². The molecule has 0 saturated heterocycles. The van der Waals surface area contributed by atoms with Crippen LogP contribution in [0.4, 0.5) is 0 Å². The average Bonchev–Trinajstić information content (AvgIpc) is 1.83. The first kappa shape index (κ1) is 7.17. The van der Waals surface area contributed by atoms with Crippen LogP contribution in [0.2, 0.25) is 0 Å². The van der Waals surface area contributed by atoms with Gasteiger partial charge in [0.25, 0.3) is 0 Å². The number of hydrogen-bond acceptors (Lipinski definition) is 3. The van der Waals surface area contributed by atoms with Crippen molar-refractivity contribution in [3.63, 3.8) is 0 Å². The summed E-state index contributed by atoms with van der Waals surface area (Å²) < 4.78 is 4.47. The number of esters is 1. The molecule has 0 aromatic carbocycles. The van der Waals surface area contributed by atoms with Crippen LogP contribution in [0, 0.1) is 0 Å². The summed E-state index contributed by atoms with van der Waals surface area (Å²) in [5, 5.41) is 2.64. The number of ether oxygens (including phenoxy) is 1. The zero-order valence-electron chi connectivity index (χ0n) is 4.81. The molecule has 3 heteroatoms. The smallest absolute Gasteiger partial charge is 0.331 e. The van der Waals surface area contributed by atoms with Crippen molar-refractivity contribution >= 4 is 5.97 Å². The van der Waals surface area contributed by atoms with Gasteiger partial charge in [0.15, 0.2) is 0 Å². The Bertz CT molecular complexity index is 90.4. The minimum atomic E-state index is -0.403. The molecule has 0 aliphatic heterocycles. The molecule has 0 rings (SSSR count). The second-order valence-corrected chi connectivity index (χ2v) is 1.17. The maximum atomic E-state index is 10.2. The lowest BCUT2D eigenvalue weighted by Gasteiger charge is -1.96. The molecule has 0 amide bonds. The van der Waals surface area contributed by atoms with E-state index < -0.39 is 5.97 Å². The average molecular weight is 115 g/mol. The fourth-order valence-corrected chi connectivity index (χ4v) is 0.202. The summed E-state index contributed by atoms with van der Waals surface area (Å²) in [5.41, 5.74) is 0. The molecule has 0 aliphatic carbocycles. The minimum absolute atomic E-state index is 0.241. The third-order valence-corrected chi connectivity index (χ3v) is 0.525. The van der Waals surface area contributed by atoms with Crippen molar-refractivity contribution in [2.24, 2.45) is 0 Å². The van der Waals surface area contributed by atoms with Crippen molar-refractivity contribution in [2.75, 3.05) is 13.8 Å². The fraction of sp³-hybridized carbons (Fsp3) is 0.400. The Balaban J connectivity index is 3.11. The van der Waals surface area contributed by atoms with Crippen molar-refractivity contribution in [2.45, 2.75) is 0 Å². The van der Waals surface area contributed by atoms with Gasteiger partial charge in [-0.2, -0.15) is 0 Å². The lowest BCUT2D eigenvalue weighted by Crippen LogP contribution is -2.14. The molecule has 0 aromatic heterocycles. The van der Waals surface area contributed by atoms with Crippen LogP contribution in [0.5, 0.6) is 0 Å². The molecule has 0 aromatic rings. The van der Waals surface area contributed by atoms with Gasteiger partial charge in [0.2, 0.25) is 0 Å². The second kappa shape index (κ2) is 4.33. The summed E-state index contributed by atoms with van der Waals surface area (Å²) in [6.07, 6.45) is 1.12. The molecular formula is C5H9NO2. The predicted octanol–water partition coefficient (Wildman–Crippen LogP) is -0.108. The van der Waals surface area contributed by atoms with E-state index in [9.17, 15) is 4.79 Å². The fourth-order valence-electron chi connectivity index (χ4n) is 0.202. The molecule has 0 heterocycles. The van der Waals surface area contributed by atoms with E-state index in [-0.39, 0.29) is 6.73 Å². The van der Waals surface area contributed by atoms with Crippen LogP contribution < -0.4 is 5.32 Å². The third-order valence-electron chi connectivity index (χ3n) is 0.525. The van der Waals surface area contributed by atoms with Crippen molar-refractivity contribution in [1.82, 2.24) is 5.32 Å². The second-order valence-electron chi connectivity index (χ2n) is 1.17. The van der Waals surface area contributed by atoms with Crippen LogP contribution in [-0.4, -0.2) is 19.7 Å². The Morgan fingerprint density at radius 3 is 3.00 bits per heavy atom. The number of hydrogen-bond donors (Lipinski definition) is 1. The molecule has 3 nitrogen and oxygen atoms in total. The van der Waals surface area contributed by atoms with Gasteiger partial charge < -0.3 is 4.74 Å². The van der Waals surface area contributed by atoms with E-state index in [4.69, 9.17) is 0 Å². The standard InChI is InChI=1S/C5H9NO2/c1-3-5(7)8-4-6-2/h3,6H,1,4H2,2H3. The molecule has 1 N–H and O–H groups in total. The zero-order chi connectivity index (χ0) is 6.41. The summed E-state index contributed by atoms with van der Waals surface area (Å²) in [6, 6.07) is 0. The Labute approximate surface area is 48.3 Å².